The van der Waals surface area contributed by atoms with E-state index in [-0.39, 0.29) is 17.2 Å². The summed E-state index contributed by atoms with van der Waals surface area (Å²) in [5.74, 6) is 0.251. The fourth-order valence-corrected chi connectivity index (χ4v) is 2.78. The highest BCUT2D eigenvalue weighted by molar-refractivity contribution is 7.89. The summed E-state index contributed by atoms with van der Waals surface area (Å²) in [6.07, 6.45) is 1.38. The van der Waals surface area contributed by atoms with E-state index in [9.17, 15) is 8.42 Å². The molecule has 0 aliphatic carbocycles. The Hall–Kier alpha value is -1.90. The van der Waals surface area contributed by atoms with Gasteiger partial charge in [0.05, 0.1) is 19.3 Å². The number of hydrogen-bond donors (Lipinski definition) is 2. The Morgan fingerprint density at radius 1 is 1.40 bits per heavy atom. The maximum atomic E-state index is 12.2. The van der Waals surface area contributed by atoms with Crippen LogP contribution in [0, 0.1) is 0 Å². The zero-order valence-corrected chi connectivity index (χ0v) is 11.7. The van der Waals surface area contributed by atoms with Crippen LogP contribution in [0.25, 0.3) is 0 Å². The SMILES string of the molecule is COc1cc(CN)ccc1S(=O)(=O)NCc1ccon1. The fourth-order valence-electron chi connectivity index (χ4n) is 1.64. The summed E-state index contributed by atoms with van der Waals surface area (Å²) in [4.78, 5) is 0.0562. The van der Waals surface area contributed by atoms with Crippen molar-refractivity contribution in [2.24, 2.45) is 5.73 Å². The predicted molar refractivity (Wildman–Crippen MR) is 71.4 cm³/mol. The van der Waals surface area contributed by atoms with Crippen LogP contribution in [0.2, 0.25) is 0 Å². The molecule has 0 spiro atoms. The molecule has 0 saturated carbocycles. The van der Waals surface area contributed by atoms with E-state index in [1.807, 2.05) is 0 Å². The lowest BCUT2D eigenvalue weighted by Gasteiger charge is -2.11. The number of benzene rings is 1. The Labute approximate surface area is 116 Å². The summed E-state index contributed by atoms with van der Waals surface area (Å²) in [7, 11) is -2.29. The minimum Gasteiger partial charge on any atom is -0.495 e. The molecule has 0 radical (unpaired) electrons. The number of rotatable bonds is 6. The highest BCUT2D eigenvalue weighted by atomic mass is 32.2. The van der Waals surface area contributed by atoms with Crippen LogP contribution >= 0.6 is 0 Å². The Kier molecular flexibility index (Phi) is 4.38. The number of ether oxygens (including phenoxy) is 1. The molecule has 8 heteroatoms. The summed E-state index contributed by atoms with van der Waals surface area (Å²) >= 11 is 0. The van der Waals surface area contributed by atoms with Crippen LogP contribution in [0.5, 0.6) is 5.75 Å². The molecule has 0 bridgehead atoms. The first kappa shape index (κ1) is 14.5. The first-order valence-electron chi connectivity index (χ1n) is 5.82. The first-order chi connectivity index (χ1) is 9.56. The van der Waals surface area contributed by atoms with E-state index < -0.39 is 10.0 Å². The Bertz CT molecular complexity index is 668. The van der Waals surface area contributed by atoms with Gasteiger partial charge in [-0.1, -0.05) is 11.2 Å². The third kappa shape index (κ3) is 3.16. The van der Waals surface area contributed by atoms with Gasteiger partial charge in [-0.25, -0.2) is 13.1 Å². The van der Waals surface area contributed by atoms with Crippen molar-refractivity contribution in [2.75, 3.05) is 7.11 Å². The zero-order chi connectivity index (χ0) is 14.6. The fraction of sp³-hybridized carbons (Fsp3) is 0.250. The Morgan fingerprint density at radius 2 is 2.20 bits per heavy atom. The number of sulfonamides is 1. The van der Waals surface area contributed by atoms with E-state index in [0.29, 0.717) is 12.2 Å². The monoisotopic (exact) mass is 297 g/mol. The number of methoxy groups -OCH3 is 1. The van der Waals surface area contributed by atoms with Gasteiger partial charge >= 0.3 is 0 Å². The van der Waals surface area contributed by atoms with Gasteiger partial charge in [-0.3, -0.25) is 0 Å². The minimum atomic E-state index is -3.70. The molecule has 1 heterocycles. The van der Waals surface area contributed by atoms with E-state index in [1.54, 1.807) is 18.2 Å². The van der Waals surface area contributed by atoms with Crippen LogP contribution in [-0.2, 0) is 23.1 Å². The molecule has 2 rings (SSSR count). The average Bonchev–Trinajstić information content (AvgIpc) is 2.97. The summed E-state index contributed by atoms with van der Waals surface area (Å²) in [6.45, 7) is 0.351. The van der Waals surface area contributed by atoms with Crippen molar-refractivity contribution in [3.8, 4) is 5.75 Å². The molecule has 108 valence electrons. The van der Waals surface area contributed by atoms with Crippen LogP contribution in [0.15, 0.2) is 39.9 Å². The number of hydrogen-bond acceptors (Lipinski definition) is 6. The van der Waals surface area contributed by atoms with Crippen LogP contribution in [-0.4, -0.2) is 20.7 Å². The number of nitrogens with zero attached hydrogens (tertiary/aromatic N) is 1. The van der Waals surface area contributed by atoms with E-state index in [0.717, 1.165) is 5.56 Å². The largest absolute Gasteiger partial charge is 0.495 e. The minimum absolute atomic E-state index is 0.0423. The highest BCUT2D eigenvalue weighted by Gasteiger charge is 2.19. The smallest absolute Gasteiger partial charge is 0.244 e. The zero-order valence-electron chi connectivity index (χ0n) is 10.9. The second kappa shape index (κ2) is 6.04. The van der Waals surface area contributed by atoms with Crippen molar-refractivity contribution in [2.45, 2.75) is 18.0 Å². The van der Waals surface area contributed by atoms with Gasteiger partial charge in [-0.05, 0) is 17.7 Å². The molecule has 2 aromatic rings. The van der Waals surface area contributed by atoms with Gasteiger partial charge < -0.3 is 15.0 Å². The molecule has 20 heavy (non-hydrogen) atoms. The third-order valence-corrected chi connectivity index (χ3v) is 4.13. The molecule has 0 saturated heterocycles. The molecule has 0 aliphatic heterocycles. The third-order valence-electron chi connectivity index (χ3n) is 2.69. The van der Waals surface area contributed by atoms with Crippen molar-refractivity contribution in [3.63, 3.8) is 0 Å². The molecule has 7 nitrogen and oxygen atoms in total. The van der Waals surface area contributed by atoms with Crippen molar-refractivity contribution >= 4 is 10.0 Å². The first-order valence-corrected chi connectivity index (χ1v) is 7.31. The topological polar surface area (TPSA) is 107 Å². The summed E-state index contributed by atoms with van der Waals surface area (Å²) in [5, 5.41) is 3.63. The van der Waals surface area contributed by atoms with E-state index in [2.05, 4.69) is 14.4 Å². The summed E-state index contributed by atoms with van der Waals surface area (Å²) < 4.78 is 36.6. The standard InChI is InChI=1S/C12H15N3O4S/c1-18-11-6-9(7-13)2-3-12(11)20(16,17)14-8-10-4-5-19-15-10/h2-6,14H,7-8,13H2,1H3. The van der Waals surface area contributed by atoms with Crippen LogP contribution in [0.1, 0.15) is 11.3 Å². The lowest BCUT2D eigenvalue weighted by molar-refractivity contribution is 0.401. The van der Waals surface area contributed by atoms with Crippen LogP contribution in [0.4, 0.5) is 0 Å². The van der Waals surface area contributed by atoms with Crippen molar-refractivity contribution < 1.29 is 17.7 Å². The maximum Gasteiger partial charge on any atom is 0.244 e. The number of nitrogens with one attached hydrogen (secondary N) is 1. The van der Waals surface area contributed by atoms with Crippen molar-refractivity contribution in [1.82, 2.24) is 9.88 Å². The highest BCUT2D eigenvalue weighted by Crippen LogP contribution is 2.24. The van der Waals surface area contributed by atoms with Gasteiger partial charge in [0.15, 0.2) is 0 Å². The van der Waals surface area contributed by atoms with Crippen molar-refractivity contribution in [3.05, 3.63) is 41.8 Å². The second-order valence-corrected chi connectivity index (χ2v) is 5.74. The van der Waals surface area contributed by atoms with Crippen LogP contribution in [0.3, 0.4) is 0 Å². The van der Waals surface area contributed by atoms with Crippen LogP contribution < -0.4 is 15.2 Å². The van der Waals surface area contributed by atoms with Gasteiger partial charge in [-0.2, -0.15) is 0 Å². The Balaban J connectivity index is 2.24. The van der Waals surface area contributed by atoms with E-state index >= 15 is 0 Å². The molecule has 3 N–H and O–H groups in total. The lowest BCUT2D eigenvalue weighted by Crippen LogP contribution is -2.24. The van der Waals surface area contributed by atoms with Gasteiger partial charge in [0, 0.05) is 12.6 Å². The molecule has 0 amide bonds. The maximum absolute atomic E-state index is 12.2. The normalized spacial score (nSPS) is 11.5. The van der Waals surface area contributed by atoms with E-state index in [4.69, 9.17) is 10.5 Å². The predicted octanol–water partition coefficient (Wildman–Crippen LogP) is 0.620. The molecule has 1 aromatic carbocycles. The number of aromatic nitrogens is 1. The molecule has 1 aromatic heterocycles. The molecule has 0 fully saturated rings. The van der Waals surface area contributed by atoms with Gasteiger partial charge in [0.2, 0.25) is 10.0 Å². The second-order valence-electron chi connectivity index (χ2n) is 4.00. The molecular formula is C12H15N3O4S. The lowest BCUT2D eigenvalue weighted by atomic mass is 10.2. The van der Waals surface area contributed by atoms with Crippen molar-refractivity contribution in [1.29, 1.82) is 0 Å². The summed E-state index contributed by atoms with van der Waals surface area (Å²) in [5.41, 5.74) is 6.80. The molecule has 0 atom stereocenters. The van der Waals surface area contributed by atoms with Gasteiger partial charge in [-0.15, -0.1) is 0 Å². The molecule has 0 aliphatic rings. The molecule has 0 unspecified atom stereocenters. The Morgan fingerprint density at radius 3 is 2.80 bits per heavy atom. The van der Waals surface area contributed by atoms with E-state index in [1.165, 1.54) is 19.4 Å². The summed E-state index contributed by atoms with van der Waals surface area (Å²) in [6, 6.07) is 6.29. The quantitative estimate of drug-likeness (QED) is 0.809. The molecular weight excluding hydrogens is 282 g/mol. The van der Waals surface area contributed by atoms with Gasteiger partial charge in [0.1, 0.15) is 16.9 Å². The average molecular weight is 297 g/mol. The number of nitrogens with two attached hydrogens (primary N) is 1. The van der Waals surface area contributed by atoms with Gasteiger partial charge in [0.25, 0.3) is 0 Å².